The molecule has 1 aliphatic rings. The van der Waals surface area contributed by atoms with Crippen LogP contribution in [0.2, 0.25) is 0 Å². The molecule has 0 atom stereocenters. The Morgan fingerprint density at radius 1 is 0.938 bits per heavy atom. The first kappa shape index (κ1) is 13.3. The van der Waals surface area contributed by atoms with Gasteiger partial charge in [-0.2, -0.15) is 0 Å². The average Bonchev–Trinajstić information content (AvgIpc) is 2.23. The van der Waals surface area contributed by atoms with Crippen LogP contribution in [0.1, 0.15) is 20.7 Å². The monoisotopic (exact) mass is 424 g/mol. The van der Waals surface area contributed by atoms with Gasteiger partial charge in [-0.15, -0.1) is 0 Å². The maximum absolute atomic E-state index is 11.4. The molecule has 0 aliphatic heterocycles. The van der Waals surface area contributed by atoms with Crippen molar-refractivity contribution in [3.63, 3.8) is 0 Å². The van der Waals surface area contributed by atoms with E-state index in [1.54, 1.807) is 0 Å². The van der Waals surface area contributed by atoms with Crippen LogP contribution in [0.25, 0.3) is 0 Å². The SMILES string of the molecule is O=C1C=CC(=O)c2c1cccc2[SH](=O)=O.[Hg]. The Hall–Kier alpha value is -0.815. The van der Waals surface area contributed by atoms with Crippen molar-refractivity contribution in [3.05, 3.63) is 41.5 Å². The van der Waals surface area contributed by atoms with Crippen molar-refractivity contribution in [1.82, 2.24) is 0 Å². The van der Waals surface area contributed by atoms with Crippen LogP contribution in [0.3, 0.4) is 0 Å². The molecule has 1 aromatic rings. The summed E-state index contributed by atoms with van der Waals surface area (Å²) in [5.74, 6) is -0.789. The number of hydrogen-bond acceptors (Lipinski definition) is 4. The van der Waals surface area contributed by atoms with Crippen molar-refractivity contribution in [3.8, 4) is 0 Å². The first-order chi connectivity index (χ1) is 7.11. The number of hydrogen-bond donors (Lipinski definition) is 1. The number of carbonyl (C=O) groups is 2. The third kappa shape index (κ3) is 2.15. The molecule has 0 heterocycles. The molecule has 0 unspecified atom stereocenters. The van der Waals surface area contributed by atoms with Gasteiger partial charge in [-0.1, -0.05) is 12.1 Å². The Bertz CT molecular complexity index is 564. The molecule has 2 rings (SSSR count). The summed E-state index contributed by atoms with van der Waals surface area (Å²) >= 11 is 0. The van der Waals surface area contributed by atoms with E-state index in [0.717, 1.165) is 12.2 Å². The van der Waals surface area contributed by atoms with Crippen LogP contribution >= 0.6 is 0 Å². The summed E-state index contributed by atoms with van der Waals surface area (Å²) in [7, 11) is -2.86. The number of allylic oxidation sites excluding steroid dienone is 2. The van der Waals surface area contributed by atoms with E-state index >= 15 is 0 Å². The van der Waals surface area contributed by atoms with Gasteiger partial charge in [0.15, 0.2) is 22.3 Å². The van der Waals surface area contributed by atoms with Crippen molar-refractivity contribution in [2.24, 2.45) is 0 Å². The molecule has 0 saturated heterocycles. The van der Waals surface area contributed by atoms with E-state index in [1.807, 2.05) is 0 Å². The zero-order valence-corrected chi connectivity index (χ0v) is 14.6. The summed E-state index contributed by atoms with van der Waals surface area (Å²) in [5.41, 5.74) is 0.139. The van der Waals surface area contributed by atoms with Gasteiger partial charge in [0.05, 0.1) is 10.5 Å². The topological polar surface area (TPSA) is 68.3 Å². The third-order valence-corrected chi connectivity index (χ3v) is 2.90. The van der Waals surface area contributed by atoms with Gasteiger partial charge in [-0.05, 0) is 18.2 Å². The van der Waals surface area contributed by atoms with Crippen LogP contribution in [-0.2, 0) is 38.4 Å². The third-order valence-electron chi connectivity index (χ3n) is 2.14. The normalized spacial score (nSPS) is 13.6. The molecule has 0 radical (unpaired) electrons. The van der Waals surface area contributed by atoms with Gasteiger partial charge >= 0.3 is 0 Å². The molecule has 0 bridgehead atoms. The predicted molar refractivity (Wildman–Crippen MR) is 52.8 cm³/mol. The Balaban J connectivity index is 0.00000128. The number of ketones is 2. The molecule has 0 saturated carbocycles. The van der Waals surface area contributed by atoms with Crippen molar-refractivity contribution in [1.29, 1.82) is 0 Å². The van der Waals surface area contributed by atoms with Gasteiger partial charge in [0.25, 0.3) is 0 Å². The maximum atomic E-state index is 11.4. The van der Waals surface area contributed by atoms with E-state index in [4.69, 9.17) is 0 Å². The molecule has 0 amide bonds. The molecule has 6 heteroatoms. The van der Waals surface area contributed by atoms with Crippen molar-refractivity contribution < 1.29 is 45.7 Å². The van der Waals surface area contributed by atoms with E-state index in [0.29, 0.717) is 0 Å². The summed E-state index contributed by atoms with van der Waals surface area (Å²) in [6, 6.07) is 4.21. The fraction of sp³-hybridized carbons (Fsp3) is 0. The molecular weight excluding hydrogens is 417 g/mol. The summed E-state index contributed by atoms with van der Waals surface area (Å²) in [4.78, 5) is 22.7. The summed E-state index contributed by atoms with van der Waals surface area (Å²) in [5, 5.41) is 0. The molecule has 16 heavy (non-hydrogen) atoms. The Morgan fingerprint density at radius 2 is 1.56 bits per heavy atom. The van der Waals surface area contributed by atoms with Gasteiger partial charge in [0.1, 0.15) is 0 Å². The maximum Gasteiger partial charge on any atom is 0.188 e. The summed E-state index contributed by atoms with van der Waals surface area (Å²) in [6.07, 6.45) is 2.24. The van der Waals surface area contributed by atoms with E-state index in [2.05, 4.69) is 0 Å². The number of carbonyl (C=O) groups excluding carboxylic acids is 2. The molecule has 0 spiro atoms. The quantitative estimate of drug-likeness (QED) is 0.531. The minimum absolute atomic E-state index is 0. The second-order valence-corrected chi connectivity index (χ2v) is 4.01. The number of thiol groups is 1. The summed E-state index contributed by atoms with van der Waals surface area (Å²) < 4.78 is 21.7. The van der Waals surface area contributed by atoms with E-state index in [-0.39, 0.29) is 49.5 Å². The van der Waals surface area contributed by atoms with Crippen LogP contribution in [0.4, 0.5) is 0 Å². The molecular formula is C10H6HgO4S. The fourth-order valence-corrected chi connectivity index (χ4v) is 2.10. The molecule has 1 aliphatic carbocycles. The average molecular weight is 423 g/mol. The predicted octanol–water partition coefficient (Wildman–Crippen LogP) is 0.590. The second-order valence-electron chi connectivity index (χ2n) is 3.02. The smallest absolute Gasteiger partial charge is 0.188 e. The minimum Gasteiger partial charge on any atom is -0.289 e. The van der Waals surface area contributed by atoms with Crippen molar-refractivity contribution in [2.45, 2.75) is 4.90 Å². The Kier molecular flexibility index (Phi) is 4.15. The molecule has 0 fully saturated rings. The number of rotatable bonds is 1. The van der Waals surface area contributed by atoms with Gasteiger partial charge < -0.3 is 0 Å². The van der Waals surface area contributed by atoms with Crippen molar-refractivity contribution in [2.75, 3.05) is 0 Å². The van der Waals surface area contributed by atoms with Gasteiger partial charge in [-0.3, -0.25) is 9.59 Å². The molecule has 1 aromatic carbocycles. The second kappa shape index (κ2) is 5.01. The van der Waals surface area contributed by atoms with Crippen LogP contribution in [-0.4, -0.2) is 20.0 Å². The zero-order chi connectivity index (χ0) is 11.0. The molecule has 4 nitrogen and oxygen atoms in total. The molecule has 0 aromatic heterocycles. The van der Waals surface area contributed by atoms with Crippen LogP contribution in [0, 0.1) is 0 Å². The van der Waals surface area contributed by atoms with Crippen LogP contribution in [0.5, 0.6) is 0 Å². The Labute approximate surface area is 114 Å². The first-order valence-electron chi connectivity index (χ1n) is 4.15. The minimum atomic E-state index is -2.86. The standard InChI is InChI=1S/C10H6O4S.Hg/c11-7-4-5-8(12)10-6(7)2-1-3-9(10)15(13)14;/h1-5,15H;. The number of benzene rings is 1. The number of fused-ring (bicyclic) bond motifs is 1. The first-order valence-corrected chi connectivity index (χ1v) is 5.33. The van der Waals surface area contributed by atoms with E-state index in [9.17, 15) is 18.0 Å². The van der Waals surface area contributed by atoms with E-state index < -0.39 is 16.5 Å². The molecule has 0 N–H and O–H groups in total. The Morgan fingerprint density at radius 3 is 2.19 bits per heavy atom. The fourth-order valence-electron chi connectivity index (χ4n) is 1.48. The largest absolute Gasteiger partial charge is 0.289 e. The van der Waals surface area contributed by atoms with Gasteiger partial charge in [-0.25, -0.2) is 8.42 Å². The zero-order valence-electron chi connectivity index (χ0n) is 8.17. The summed E-state index contributed by atoms with van der Waals surface area (Å²) in [6.45, 7) is 0. The van der Waals surface area contributed by atoms with Crippen molar-refractivity contribution >= 4 is 22.3 Å². The van der Waals surface area contributed by atoms with E-state index in [1.165, 1.54) is 18.2 Å². The molecule has 78 valence electrons. The van der Waals surface area contributed by atoms with Crippen LogP contribution < -0.4 is 0 Å². The van der Waals surface area contributed by atoms with Crippen LogP contribution in [0.15, 0.2) is 35.2 Å². The van der Waals surface area contributed by atoms with Gasteiger partial charge in [0, 0.05) is 33.2 Å². The van der Waals surface area contributed by atoms with Gasteiger partial charge in [0.2, 0.25) is 0 Å².